The van der Waals surface area contributed by atoms with Gasteiger partial charge in [-0.1, -0.05) is 259 Å². The smallest absolute Gasteiger partial charge is 0.306 e. The molecule has 0 saturated heterocycles. The second-order valence-corrected chi connectivity index (χ2v) is 19.5. The third-order valence-electron chi connectivity index (χ3n) is 12.2. The molecule has 1 atom stereocenters. The number of unbranched alkanes of at least 4 members (excludes halogenated alkanes) is 33. The Morgan fingerprint density at radius 2 is 0.550 bits per heavy atom. The summed E-state index contributed by atoms with van der Waals surface area (Å²) < 4.78 is 16.8. The predicted octanol–water partition coefficient (Wildman–Crippen LogP) is 17.3. The highest BCUT2D eigenvalue weighted by Crippen LogP contribution is 2.17. The highest BCUT2D eigenvalue weighted by Gasteiger charge is 2.19. The van der Waals surface area contributed by atoms with Crippen molar-refractivity contribution in [3.63, 3.8) is 0 Å². The minimum absolute atomic E-state index is 0.0636. The SMILES string of the molecule is CCCCCCCCCCCCCCCCCC(=O)O[C@H](COC(=O)CCCCCCCCCCCCCCC(C)C)COC(=O)CCCCCCCCCCCC(C)C. The van der Waals surface area contributed by atoms with Crippen molar-refractivity contribution in [1.82, 2.24) is 0 Å². The van der Waals surface area contributed by atoms with Gasteiger partial charge in [0.1, 0.15) is 13.2 Å². The molecule has 0 aromatic rings. The van der Waals surface area contributed by atoms with Crippen LogP contribution in [0.4, 0.5) is 0 Å². The van der Waals surface area contributed by atoms with Crippen LogP contribution in [0.5, 0.6) is 0 Å². The number of carbonyl (C=O) groups is 3. The lowest BCUT2D eigenvalue weighted by molar-refractivity contribution is -0.167. The van der Waals surface area contributed by atoms with Gasteiger partial charge in [0, 0.05) is 19.3 Å². The second kappa shape index (κ2) is 46.9. The first-order valence-electron chi connectivity index (χ1n) is 26.7. The molecule has 6 heteroatoms. The van der Waals surface area contributed by atoms with Crippen molar-refractivity contribution in [2.24, 2.45) is 11.8 Å². The molecule has 0 unspecified atom stereocenters. The van der Waals surface area contributed by atoms with Gasteiger partial charge in [0.2, 0.25) is 0 Å². The molecule has 0 aromatic carbocycles. The second-order valence-electron chi connectivity index (χ2n) is 19.5. The van der Waals surface area contributed by atoms with E-state index in [1.807, 2.05) is 0 Å². The van der Waals surface area contributed by atoms with Crippen molar-refractivity contribution in [1.29, 1.82) is 0 Å². The van der Waals surface area contributed by atoms with Crippen molar-refractivity contribution in [3.8, 4) is 0 Å². The minimum Gasteiger partial charge on any atom is -0.462 e. The molecule has 0 spiro atoms. The van der Waals surface area contributed by atoms with E-state index in [4.69, 9.17) is 14.2 Å². The molecule has 0 aliphatic rings. The number of carbonyl (C=O) groups excluding carboxylic acids is 3. The largest absolute Gasteiger partial charge is 0.462 e. The molecule has 0 aromatic heterocycles. The van der Waals surface area contributed by atoms with E-state index in [-0.39, 0.29) is 31.1 Å². The number of ether oxygens (including phenoxy) is 3. The Balaban J connectivity index is 4.31. The van der Waals surface area contributed by atoms with Gasteiger partial charge in [0.05, 0.1) is 0 Å². The van der Waals surface area contributed by atoms with Gasteiger partial charge in [-0.05, 0) is 31.1 Å². The molecule has 6 nitrogen and oxygen atoms in total. The Labute approximate surface area is 374 Å². The van der Waals surface area contributed by atoms with Crippen LogP contribution in [-0.4, -0.2) is 37.2 Å². The molecule has 0 rings (SSSR count). The molecule has 0 radical (unpaired) electrons. The van der Waals surface area contributed by atoms with Crippen LogP contribution >= 0.6 is 0 Å². The summed E-state index contributed by atoms with van der Waals surface area (Å²) in [6.45, 7) is 11.4. The summed E-state index contributed by atoms with van der Waals surface area (Å²) in [5.74, 6) is 0.796. The molecular formula is C54H104O6. The van der Waals surface area contributed by atoms with Gasteiger partial charge >= 0.3 is 17.9 Å². The summed E-state index contributed by atoms with van der Waals surface area (Å²) >= 11 is 0. The average molecular weight is 849 g/mol. The topological polar surface area (TPSA) is 78.9 Å². The average Bonchev–Trinajstić information content (AvgIpc) is 3.22. The molecular weight excluding hydrogens is 745 g/mol. The van der Waals surface area contributed by atoms with Gasteiger partial charge < -0.3 is 14.2 Å². The molecule has 0 heterocycles. The summed E-state index contributed by atoms with van der Waals surface area (Å²) in [7, 11) is 0. The fourth-order valence-electron chi connectivity index (χ4n) is 8.17. The lowest BCUT2D eigenvalue weighted by atomic mass is 10.0. The Kier molecular flexibility index (Phi) is 45.7. The molecule has 0 bridgehead atoms. The maximum atomic E-state index is 12.8. The quantitative estimate of drug-likeness (QED) is 0.0345. The Morgan fingerprint density at radius 1 is 0.317 bits per heavy atom. The van der Waals surface area contributed by atoms with Crippen molar-refractivity contribution < 1.29 is 28.6 Å². The van der Waals surface area contributed by atoms with E-state index < -0.39 is 6.10 Å². The van der Waals surface area contributed by atoms with Crippen LogP contribution in [-0.2, 0) is 28.6 Å². The molecule has 60 heavy (non-hydrogen) atoms. The van der Waals surface area contributed by atoms with Crippen molar-refractivity contribution >= 4 is 17.9 Å². The molecule has 0 N–H and O–H groups in total. The Hall–Kier alpha value is -1.59. The van der Waals surface area contributed by atoms with Crippen LogP contribution in [0.1, 0.15) is 298 Å². The summed E-state index contributed by atoms with van der Waals surface area (Å²) in [4.78, 5) is 38.0. The Morgan fingerprint density at radius 3 is 0.817 bits per heavy atom. The van der Waals surface area contributed by atoms with E-state index in [2.05, 4.69) is 34.6 Å². The fourth-order valence-corrected chi connectivity index (χ4v) is 8.17. The minimum atomic E-state index is -0.762. The molecule has 0 aliphatic heterocycles. The van der Waals surface area contributed by atoms with Gasteiger partial charge in [-0.3, -0.25) is 14.4 Å². The van der Waals surface area contributed by atoms with Gasteiger partial charge in [-0.2, -0.15) is 0 Å². The monoisotopic (exact) mass is 849 g/mol. The van der Waals surface area contributed by atoms with Crippen LogP contribution in [0.25, 0.3) is 0 Å². The van der Waals surface area contributed by atoms with E-state index in [0.717, 1.165) is 69.6 Å². The van der Waals surface area contributed by atoms with Gasteiger partial charge in [0.15, 0.2) is 6.10 Å². The zero-order valence-electron chi connectivity index (χ0n) is 41.1. The predicted molar refractivity (Wildman–Crippen MR) is 256 cm³/mol. The summed E-state index contributed by atoms with van der Waals surface area (Å²) in [6, 6.07) is 0. The maximum Gasteiger partial charge on any atom is 0.306 e. The zero-order valence-corrected chi connectivity index (χ0v) is 41.1. The third kappa shape index (κ3) is 47.5. The highest BCUT2D eigenvalue weighted by molar-refractivity contribution is 5.71. The van der Waals surface area contributed by atoms with Crippen molar-refractivity contribution in [2.45, 2.75) is 304 Å². The van der Waals surface area contributed by atoms with Crippen LogP contribution in [0.15, 0.2) is 0 Å². The Bertz CT molecular complexity index is 916. The normalized spacial score (nSPS) is 12.1. The van der Waals surface area contributed by atoms with Gasteiger partial charge in [0.25, 0.3) is 0 Å². The fraction of sp³-hybridized carbons (Fsp3) is 0.944. The first-order chi connectivity index (χ1) is 29.2. The molecule has 0 fully saturated rings. The number of hydrogen-bond acceptors (Lipinski definition) is 6. The number of hydrogen-bond donors (Lipinski definition) is 0. The van der Waals surface area contributed by atoms with E-state index in [1.54, 1.807) is 0 Å². The summed E-state index contributed by atoms with van der Waals surface area (Å²) in [5, 5.41) is 0. The molecule has 0 saturated carbocycles. The van der Waals surface area contributed by atoms with E-state index in [9.17, 15) is 14.4 Å². The number of esters is 3. The van der Waals surface area contributed by atoms with Crippen LogP contribution in [0.2, 0.25) is 0 Å². The van der Waals surface area contributed by atoms with E-state index in [0.29, 0.717) is 19.3 Å². The van der Waals surface area contributed by atoms with E-state index in [1.165, 1.54) is 186 Å². The van der Waals surface area contributed by atoms with Gasteiger partial charge in [-0.15, -0.1) is 0 Å². The van der Waals surface area contributed by atoms with Crippen LogP contribution in [0, 0.1) is 11.8 Å². The standard InChI is InChI=1S/C54H104O6/c1-6-7-8-9-10-11-12-13-14-15-20-25-31-36-41-46-54(57)60-51(48-59-53(56)45-40-35-30-26-21-23-28-33-38-43-50(4)5)47-58-52(55)44-39-34-29-24-19-17-16-18-22-27-32-37-42-49(2)3/h49-51H,6-48H2,1-5H3/t51-/m1/s1. The zero-order chi connectivity index (χ0) is 44.0. The maximum absolute atomic E-state index is 12.8. The first kappa shape index (κ1) is 58.4. The lowest BCUT2D eigenvalue weighted by Crippen LogP contribution is -2.30. The highest BCUT2D eigenvalue weighted by atomic mass is 16.6. The van der Waals surface area contributed by atoms with Crippen LogP contribution in [0.3, 0.4) is 0 Å². The van der Waals surface area contributed by atoms with Gasteiger partial charge in [-0.25, -0.2) is 0 Å². The molecule has 0 aliphatic carbocycles. The molecule has 356 valence electrons. The van der Waals surface area contributed by atoms with Crippen molar-refractivity contribution in [2.75, 3.05) is 13.2 Å². The van der Waals surface area contributed by atoms with Crippen molar-refractivity contribution in [3.05, 3.63) is 0 Å². The van der Waals surface area contributed by atoms with Crippen LogP contribution < -0.4 is 0 Å². The number of rotatable bonds is 48. The first-order valence-corrected chi connectivity index (χ1v) is 26.7. The lowest BCUT2D eigenvalue weighted by Gasteiger charge is -2.18. The third-order valence-corrected chi connectivity index (χ3v) is 12.2. The summed E-state index contributed by atoms with van der Waals surface area (Å²) in [6.07, 6.45) is 48.0. The summed E-state index contributed by atoms with van der Waals surface area (Å²) in [5.41, 5.74) is 0. The molecule has 0 amide bonds. The van der Waals surface area contributed by atoms with E-state index >= 15 is 0 Å².